The molecule has 166 valence electrons. The lowest BCUT2D eigenvalue weighted by Crippen LogP contribution is -2.40. The van der Waals surface area contributed by atoms with Crippen molar-refractivity contribution in [1.29, 1.82) is 5.41 Å². The largest absolute Gasteiger partial charge is 0.419 e. The smallest absolute Gasteiger partial charge is 0.353 e. The molecule has 1 aromatic heterocycles. The number of esters is 1. The number of carbonyl (C=O) groups excluding carboxylic acids is 2. The predicted octanol–water partition coefficient (Wildman–Crippen LogP) is 2.80. The maximum Gasteiger partial charge on any atom is 0.353 e. The fraction of sp³-hybridized carbons (Fsp3) is 0.409. The number of benzene rings is 1. The van der Waals surface area contributed by atoms with Crippen LogP contribution in [0.4, 0.5) is 4.39 Å². The number of amidine groups is 1. The molecular weight excluding hydrogens is 421 g/mol. The average Bonchev–Trinajstić information content (AvgIpc) is 3.37. The normalized spacial score (nSPS) is 16.4. The van der Waals surface area contributed by atoms with E-state index in [4.69, 9.17) is 15.9 Å². The molecule has 31 heavy (non-hydrogen) atoms. The van der Waals surface area contributed by atoms with Crippen molar-refractivity contribution in [1.82, 2.24) is 4.90 Å². The van der Waals surface area contributed by atoms with E-state index in [0.717, 1.165) is 17.4 Å². The Morgan fingerprint density at radius 1 is 1.35 bits per heavy atom. The van der Waals surface area contributed by atoms with Crippen molar-refractivity contribution in [3.63, 3.8) is 0 Å². The van der Waals surface area contributed by atoms with E-state index in [2.05, 4.69) is 0 Å². The Kier molecular flexibility index (Phi) is 6.76. The molecule has 0 radical (unpaired) electrons. The maximum atomic E-state index is 14.1. The van der Waals surface area contributed by atoms with Crippen molar-refractivity contribution in [3.8, 4) is 5.75 Å². The number of amides is 1. The zero-order chi connectivity index (χ0) is 22.8. The van der Waals surface area contributed by atoms with Crippen LogP contribution in [0.1, 0.15) is 40.4 Å². The summed E-state index contributed by atoms with van der Waals surface area (Å²) in [5, 5.41) is 16.6. The number of aliphatic hydroxyl groups is 1. The van der Waals surface area contributed by atoms with Crippen LogP contribution in [0.15, 0.2) is 30.3 Å². The number of nitrogens with zero attached hydrogens (tertiary/aromatic N) is 1. The Balaban J connectivity index is 1.65. The first-order valence-electron chi connectivity index (χ1n) is 9.96. The topological polar surface area (TPSA) is 117 Å². The van der Waals surface area contributed by atoms with Crippen LogP contribution in [0, 0.1) is 22.6 Å². The third kappa shape index (κ3) is 5.29. The fourth-order valence-electron chi connectivity index (χ4n) is 3.59. The number of hydrogen-bond acceptors (Lipinski definition) is 6. The molecule has 3 rings (SSSR count). The second-order valence-corrected chi connectivity index (χ2v) is 9.53. The monoisotopic (exact) mass is 447 g/mol. The van der Waals surface area contributed by atoms with Gasteiger partial charge in [0.05, 0.1) is 0 Å². The number of rotatable bonds is 7. The summed E-state index contributed by atoms with van der Waals surface area (Å²) in [5.74, 6) is -1.84. The van der Waals surface area contributed by atoms with Gasteiger partial charge < -0.3 is 20.5 Å². The molecule has 9 heteroatoms. The standard InChI is InChI=1S/C22H26FN3O4S/c1-22(2,21(29)26-8-7-13(11-26)12-27)10-15-4-6-18(31-15)20(28)30-17-5-3-14(19(24)25)9-16(17)23/h3-6,9,13,27H,7-8,10-12H2,1-2H3,(H3,24,25)/t13-/m1/s1. The van der Waals surface area contributed by atoms with E-state index >= 15 is 0 Å². The van der Waals surface area contributed by atoms with Crippen molar-refractivity contribution < 1.29 is 23.8 Å². The molecule has 7 nitrogen and oxygen atoms in total. The highest BCUT2D eigenvalue weighted by Crippen LogP contribution is 2.31. The highest BCUT2D eigenvalue weighted by molar-refractivity contribution is 7.14. The third-order valence-corrected chi connectivity index (χ3v) is 6.40. The lowest BCUT2D eigenvalue weighted by molar-refractivity contribution is -0.139. The second kappa shape index (κ2) is 9.15. The molecule has 2 aromatic rings. The molecule has 1 amide bonds. The van der Waals surface area contributed by atoms with Crippen LogP contribution < -0.4 is 10.5 Å². The molecule has 1 saturated heterocycles. The van der Waals surface area contributed by atoms with Crippen molar-refractivity contribution in [2.75, 3.05) is 19.7 Å². The molecule has 1 aromatic carbocycles. The number of nitrogens with two attached hydrogens (primary N) is 1. The first kappa shape index (κ1) is 22.9. The fourth-order valence-corrected chi connectivity index (χ4v) is 4.70. The summed E-state index contributed by atoms with van der Waals surface area (Å²) in [4.78, 5) is 28.3. The number of nitrogens with one attached hydrogen (secondary N) is 1. The van der Waals surface area contributed by atoms with Crippen molar-refractivity contribution >= 4 is 29.0 Å². The molecule has 1 atom stereocenters. The summed E-state index contributed by atoms with van der Waals surface area (Å²) >= 11 is 1.20. The number of halogens is 1. The predicted molar refractivity (Wildman–Crippen MR) is 116 cm³/mol. The van der Waals surface area contributed by atoms with Crippen molar-refractivity contribution in [2.24, 2.45) is 17.1 Å². The molecule has 0 spiro atoms. The zero-order valence-corrected chi connectivity index (χ0v) is 18.3. The highest BCUT2D eigenvalue weighted by atomic mass is 32.1. The molecule has 1 aliphatic heterocycles. The van der Waals surface area contributed by atoms with E-state index in [1.165, 1.54) is 23.5 Å². The van der Waals surface area contributed by atoms with E-state index in [9.17, 15) is 19.1 Å². The average molecular weight is 448 g/mol. The molecule has 2 heterocycles. The van der Waals surface area contributed by atoms with E-state index in [0.29, 0.717) is 24.4 Å². The van der Waals surface area contributed by atoms with Crippen molar-refractivity contribution in [2.45, 2.75) is 26.7 Å². The molecule has 0 unspecified atom stereocenters. The third-order valence-electron chi connectivity index (χ3n) is 5.33. The van der Waals surface area contributed by atoms with Crippen LogP contribution in [0.5, 0.6) is 5.75 Å². The zero-order valence-electron chi connectivity index (χ0n) is 17.5. The van der Waals surface area contributed by atoms with Gasteiger partial charge in [0, 0.05) is 41.5 Å². The van der Waals surface area contributed by atoms with Crippen LogP contribution in [-0.2, 0) is 11.2 Å². The molecule has 0 aliphatic carbocycles. The number of likely N-dealkylation sites (tertiary alicyclic amines) is 1. The number of nitrogen functional groups attached to an aromatic ring is 1. The second-order valence-electron chi connectivity index (χ2n) is 8.36. The Morgan fingerprint density at radius 2 is 2.10 bits per heavy atom. The Morgan fingerprint density at radius 3 is 2.71 bits per heavy atom. The minimum Gasteiger partial charge on any atom is -0.419 e. The van der Waals surface area contributed by atoms with Gasteiger partial charge in [-0.1, -0.05) is 13.8 Å². The molecule has 0 bridgehead atoms. The molecule has 4 N–H and O–H groups in total. The van der Waals surface area contributed by atoms with Crippen LogP contribution in [-0.4, -0.2) is 47.4 Å². The molecule has 1 aliphatic rings. The van der Waals surface area contributed by atoms with E-state index in [-0.39, 0.29) is 35.6 Å². The van der Waals surface area contributed by atoms with Gasteiger partial charge in [-0.05, 0) is 43.2 Å². The first-order valence-corrected chi connectivity index (χ1v) is 10.8. The van der Waals surface area contributed by atoms with Crippen LogP contribution in [0.2, 0.25) is 0 Å². The summed E-state index contributed by atoms with van der Waals surface area (Å²) in [5.41, 5.74) is 4.86. The first-order chi connectivity index (χ1) is 14.6. The summed E-state index contributed by atoms with van der Waals surface area (Å²) < 4.78 is 19.3. The number of ether oxygens (including phenoxy) is 1. The van der Waals surface area contributed by atoms with Gasteiger partial charge in [0.1, 0.15) is 10.7 Å². The lowest BCUT2D eigenvalue weighted by Gasteiger charge is -2.29. The molecule has 1 fully saturated rings. The van der Waals surface area contributed by atoms with Gasteiger partial charge in [0.15, 0.2) is 11.6 Å². The number of aliphatic hydroxyl groups excluding tert-OH is 1. The minimum absolute atomic E-state index is 0.0219. The summed E-state index contributed by atoms with van der Waals surface area (Å²) in [7, 11) is 0. The SMILES string of the molecule is CC(C)(Cc1ccc(C(=O)Oc2ccc(C(=N)N)cc2F)s1)C(=O)N1CC[C@@H](CO)C1. The summed E-state index contributed by atoms with van der Waals surface area (Å²) in [6.45, 7) is 5.02. The number of thiophene rings is 1. The lowest BCUT2D eigenvalue weighted by atomic mass is 9.87. The molecule has 0 saturated carbocycles. The maximum absolute atomic E-state index is 14.1. The van der Waals surface area contributed by atoms with Crippen LogP contribution >= 0.6 is 11.3 Å². The minimum atomic E-state index is -0.781. The van der Waals surface area contributed by atoms with Gasteiger partial charge in [-0.3, -0.25) is 10.2 Å². The number of carbonyl (C=O) groups is 2. The molecular formula is C22H26FN3O4S. The van der Waals surface area contributed by atoms with E-state index in [1.807, 2.05) is 13.8 Å². The number of hydrogen-bond donors (Lipinski definition) is 3. The Bertz CT molecular complexity index is 1000. The Hall–Kier alpha value is -2.78. The van der Waals surface area contributed by atoms with Gasteiger partial charge >= 0.3 is 5.97 Å². The van der Waals surface area contributed by atoms with E-state index < -0.39 is 17.2 Å². The van der Waals surface area contributed by atoms with Crippen molar-refractivity contribution in [3.05, 3.63) is 51.5 Å². The Labute approximate surface area is 184 Å². The van der Waals surface area contributed by atoms with Crippen LogP contribution in [0.3, 0.4) is 0 Å². The van der Waals surface area contributed by atoms with Crippen LogP contribution in [0.25, 0.3) is 0 Å². The summed E-state index contributed by atoms with van der Waals surface area (Å²) in [6, 6.07) is 7.07. The van der Waals surface area contributed by atoms with E-state index in [1.54, 1.807) is 17.0 Å². The summed E-state index contributed by atoms with van der Waals surface area (Å²) in [6.07, 6.45) is 1.25. The van der Waals surface area contributed by atoms with Gasteiger partial charge in [-0.15, -0.1) is 11.3 Å². The van der Waals surface area contributed by atoms with Gasteiger partial charge in [-0.2, -0.15) is 0 Å². The van der Waals surface area contributed by atoms with Gasteiger partial charge in [-0.25, -0.2) is 9.18 Å². The highest BCUT2D eigenvalue weighted by Gasteiger charge is 2.36. The quantitative estimate of drug-likeness (QED) is 0.261. The van der Waals surface area contributed by atoms with Gasteiger partial charge in [0.2, 0.25) is 5.91 Å². The van der Waals surface area contributed by atoms with Gasteiger partial charge in [0.25, 0.3) is 0 Å².